The minimum Gasteiger partial charge on any atom is -0.494 e. The van der Waals surface area contributed by atoms with E-state index in [0.29, 0.717) is 13.2 Å². The normalized spacial score (nSPS) is 11.0. The van der Waals surface area contributed by atoms with Gasteiger partial charge in [-0.1, -0.05) is 84.1 Å². The molecule has 0 aliphatic rings. The van der Waals surface area contributed by atoms with Gasteiger partial charge in [0.2, 0.25) is 0 Å². The molecule has 0 unspecified atom stereocenters. The third-order valence-electron chi connectivity index (χ3n) is 6.44. The van der Waals surface area contributed by atoms with Crippen molar-refractivity contribution in [2.75, 3.05) is 19.8 Å². The highest BCUT2D eigenvalue weighted by atomic mass is 16.5. The number of hydrogen-bond acceptors (Lipinski definition) is 6. The Morgan fingerprint density at radius 3 is 1.41 bits per heavy atom. The number of hydrogen-bond donors (Lipinski definition) is 0. The van der Waals surface area contributed by atoms with Crippen LogP contribution in [0.15, 0.2) is 71.4 Å². The predicted octanol–water partition coefficient (Wildman–Crippen LogP) is 10.1. The zero-order chi connectivity index (χ0) is 27.8. The van der Waals surface area contributed by atoms with Crippen molar-refractivity contribution in [3.8, 4) is 11.5 Å². The van der Waals surface area contributed by atoms with Crippen molar-refractivity contribution in [1.29, 1.82) is 0 Å². The van der Waals surface area contributed by atoms with Gasteiger partial charge in [-0.2, -0.15) is 10.2 Å². The summed E-state index contributed by atoms with van der Waals surface area (Å²) in [6, 6.07) is 15.5. The average molecular weight is 537 g/mol. The van der Waals surface area contributed by atoms with Crippen LogP contribution < -0.4 is 9.47 Å². The molecule has 0 N–H and O–H groups in total. The van der Waals surface area contributed by atoms with E-state index in [9.17, 15) is 4.79 Å². The molecule has 214 valence electrons. The lowest BCUT2D eigenvalue weighted by Gasteiger charge is -2.07. The number of unbranched alkanes of at least 4 members (excludes halogenated alkanes) is 12. The maximum absolute atomic E-state index is 11.0. The molecule has 2 rings (SSSR count). The number of carbonyl (C=O) groups excluding carboxylic acids is 1. The molecule has 2 aromatic rings. The minimum atomic E-state index is -0.338. The molecule has 0 fully saturated rings. The van der Waals surface area contributed by atoms with Crippen molar-refractivity contribution in [2.45, 2.75) is 96.8 Å². The molecule has 0 amide bonds. The molecule has 0 aliphatic heterocycles. The molecule has 0 saturated carbocycles. The van der Waals surface area contributed by atoms with E-state index in [2.05, 4.69) is 23.7 Å². The lowest BCUT2D eigenvalue weighted by molar-refractivity contribution is -0.137. The number of benzene rings is 2. The lowest BCUT2D eigenvalue weighted by Crippen LogP contribution is -2.01. The summed E-state index contributed by atoms with van der Waals surface area (Å²) in [5.41, 5.74) is 1.59. The Morgan fingerprint density at radius 1 is 0.615 bits per heavy atom. The molecule has 0 radical (unpaired) electrons. The second-order valence-corrected chi connectivity index (χ2v) is 9.85. The maximum atomic E-state index is 11.0. The van der Waals surface area contributed by atoms with Crippen LogP contribution in [0.5, 0.6) is 11.5 Å². The number of azo groups is 1. The van der Waals surface area contributed by atoms with E-state index in [-0.39, 0.29) is 5.97 Å². The summed E-state index contributed by atoms with van der Waals surface area (Å²) in [7, 11) is 0. The topological polar surface area (TPSA) is 69.5 Å². The molecule has 6 heteroatoms. The van der Waals surface area contributed by atoms with Crippen LogP contribution in [0.3, 0.4) is 0 Å². The largest absolute Gasteiger partial charge is 0.494 e. The predicted molar refractivity (Wildman–Crippen MR) is 160 cm³/mol. The first-order chi connectivity index (χ1) is 19.2. The van der Waals surface area contributed by atoms with E-state index >= 15 is 0 Å². The number of esters is 1. The number of carbonyl (C=O) groups is 1. The highest BCUT2D eigenvalue weighted by Crippen LogP contribution is 2.23. The van der Waals surface area contributed by atoms with Gasteiger partial charge in [-0.25, -0.2) is 4.79 Å². The van der Waals surface area contributed by atoms with Crippen LogP contribution in [-0.4, -0.2) is 25.8 Å². The van der Waals surface area contributed by atoms with Crippen LogP contribution in [0.2, 0.25) is 0 Å². The Labute approximate surface area is 235 Å². The number of nitrogens with zero attached hydrogens (tertiary/aromatic N) is 2. The first-order valence-electron chi connectivity index (χ1n) is 14.9. The number of ether oxygens (including phenoxy) is 3. The quantitative estimate of drug-likeness (QED) is 0.0613. The van der Waals surface area contributed by atoms with Gasteiger partial charge in [0.05, 0.1) is 31.2 Å². The molecule has 0 saturated heterocycles. The molecule has 0 aliphatic carbocycles. The SMILES string of the molecule is C=CC(=O)OCCCCCCCCCOc1ccc(N=Nc2ccc(OCCCCCCCCC)cc2)cc1. The van der Waals surface area contributed by atoms with E-state index in [1.54, 1.807) is 0 Å². The second kappa shape index (κ2) is 21.7. The van der Waals surface area contributed by atoms with Gasteiger partial charge in [-0.05, 0) is 67.8 Å². The summed E-state index contributed by atoms with van der Waals surface area (Å²) in [4.78, 5) is 11.0. The highest BCUT2D eigenvalue weighted by molar-refractivity contribution is 5.81. The van der Waals surface area contributed by atoms with Crippen LogP contribution in [-0.2, 0) is 9.53 Å². The summed E-state index contributed by atoms with van der Waals surface area (Å²) in [5.74, 6) is 1.39. The second-order valence-electron chi connectivity index (χ2n) is 9.85. The number of rotatable bonds is 23. The van der Waals surface area contributed by atoms with Gasteiger partial charge in [0.1, 0.15) is 11.5 Å². The Bertz CT molecular complexity index is 926. The van der Waals surface area contributed by atoms with E-state index < -0.39 is 0 Å². The van der Waals surface area contributed by atoms with E-state index in [1.165, 1.54) is 63.9 Å². The van der Waals surface area contributed by atoms with Crippen molar-refractivity contribution in [1.82, 2.24) is 0 Å². The molecule has 2 aromatic carbocycles. The molecule has 0 heterocycles. The first-order valence-corrected chi connectivity index (χ1v) is 14.9. The monoisotopic (exact) mass is 536 g/mol. The zero-order valence-electron chi connectivity index (χ0n) is 24.0. The minimum absolute atomic E-state index is 0.338. The maximum Gasteiger partial charge on any atom is 0.330 e. The molecular weight excluding hydrogens is 488 g/mol. The van der Waals surface area contributed by atoms with Crippen molar-refractivity contribution in [3.05, 3.63) is 61.2 Å². The van der Waals surface area contributed by atoms with Crippen LogP contribution in [0, 0.1) is 0 Å². The van der Waals surface area contributed by atoms with Gasteiger partial charge in [0, 0.05) is 6.08 Å². The standard InChI is InChI=1S/C33H48N2O4/c1-3-5-6-7-9-12-15-26-37-31-22-18-29(19-23-31)34-35-30-20-24-32(25-21-30)38-27-16-13-10-8-11-14-17-28-39-33(36)4-2/h4,18-25H,2-3,5-17,26-28H2,1H3. The molecule has 6 nitrogen and oxygen atoms in total. The molecule has 0 atom stereocenters. The highest BCUT2D eigenvalue weighted by Gasteiger charge is 1.99. The Hall–Kier alpha value is -3.15. The summed E-state index contributed by atoms with van der Waals surface area (Å²) in [6.07, 6.45) is 17.9. The average Bonchev–Trinajstić information content (AvgIpc) is 2.97. The van der Waals surface area contributed by atoms with Gasteiger partial charge in [0.25, 0.3) is 0 Å². The summed E-state index contributed by atoms with van der Waals surface area (Å²) in [5, 5.41) is 8.67. The van der Waals surface area contributed by atoms with Crippen molar-refractivity contribution < 1.29 is 19.0 Å². The third-order valence-corrected chi connectivity index (χ3v) is 6.44. The molecule has 0 bridgehead atoms. The molecular formula is C33H48N2O4. The fourth-order valence-corrected chi connectivity index (χ4v) is 4.09. The summed E-state index contributed by atoms with van der Waals surface area (Å²) >= 11 is 0. The van der Waals surface area contributed by atoms with Crippen LogP contribution in [0.1, 0.15) is 96.8 Å². The molecule has 0 spiro atoms. The van der Waals surface area contributed by atoms with Gasteiger partial charge < -0.3 is 14.2 Å². The van der Waals surface area contributed by atoms with Gasteiger partial charge in [-0.15, -0.1) is 0 Å². The Morgan fingerprint density at radius 2 is 1.00 bits per heavy atom. The lowest BCUT2D eigenvalue weighted by atomic mass is 10.1. The zero-order valence-corrected chi connectivity index (χ0v) is 24.0. The molecule has 39 heavy (non-hydrogen) atoms. The van der Waals surface area contributed by atoms with Gasteiger partial charge >= 0.3 is 5.97 Å². The fraction of sp³-hybridized carbons (Fsp3) is 0.545. The smallest absolute Gasteiger partial charge is 0.330 e. The Kier molecular flexibility index (Phi) is 17.9. The summed E-state index contributed by atoms with van der Waals surface area (Å²) in [6.45, 7) is 7.60. The molecule has 0 aromatic heterocycles. The van der Waals surface area contributed by atoms with Crippen molar-refractivity contribution >= 4 is 17.3 Å². The first kappa shape index (κ1) is 32.1. The third kappa shape index (κ3) is 16.4. The Balaban J connectivity index is 1.52. The van der Waals surface area contributed by atoms with Crippen molar-refractivity contribution in [3.63, 3.8) is 0 Å². The van der Waals surface area contributed by atoms with E-state index in [1.807, 2.05) is 48.5 Å². The van der Waals surface area contributed by atoms with Crippen LogP contribution in [0.4, 0.5) is 11.4 Å². The van der Waals surface area contributed by atoms with Crippen molar-refractivity contribution in [2.24, 2.45) is 10.2 Å². The van der Waals surface area contributed by atoms with Gasteiger partial charge in [0.15, 0.2) is 0 Å². The van der Waals surface area contributed by atoms with Gasteiger partial charge in [-0.3, -0.25) is 0 Å². The van der Waals surface area contributed by atoms with Crippen LogP contribution >= 0.6 is 0 Å². The van der Waals surface area contributed by atoms with Crippen LogP contribution in [0.25, 0.3) is 0 Å². The summed E-state index contributed by atoms with van der Waals surface area (Å²) < 4.78 is 16.7. The van der Waals surface area contributed by atoms with E-state index in [0.717, 1.165) is 61.6 Å². The fourth-order valence-electron chi connectivity index (χ4n) is 4.09. The van der Waals surface area contributed by atoms with E-state index in [4.69, 9.17) is 14.2 Å².